The van der Waals surface area contributed by atoms with E-state index in [-0.39, 0.29) is 24.1 Å². The van der Waals surface area contributed by atoms with E-state index in [1.807, 2.05) is 20.8 Å². The molecular formula is C21H22FNO4S. The first-order valence-electron chi connectivity index (χ1n) is 8.66. The number of esters is 1. The average Bonchev–Trinajstić information content (AvgIpc) is 3.12. The molecule has 0 aliphatic heterocycles. The zero-order valence-electron chi connectivity index (χ0n) is 16.0. The number of hydrogen-bond donors (Lipinski definition) is 1. The monoisotopic (exact) mass is 403 g/mol. The SMILES string of the molecule is CC(C)(C)C(=O)NCc1ccc(C(=O)COC(=O)/C=C/c2ccc(F)cc2)s1. The zero-order valence-corrected chi connectivity index (χ0v) is 16.8. The Morgan fingerprint density at radius 3 is 2.43 bits per heavy atom. The minimum atomic E-state index is -0.660. The summed E-state index contributed by atoms with van der Waals surface area (Å²) in [5.41, 5.74) is 0.163. The van der Waals surface area contributed by atoms with Gasteiger partial charge in [0.25, 0.3) is 0 Å². The highest BCUT2D eigenvalue weighted by molar-refractivity contribution is 7.14. The molecule has 0 saturated heterocycles. The van der Waals surface area contributed by atoms with Gasteiger partial charge >= 0.3 is 5.97 Å². The van der Waals surface area contributed by atoms with E-state index in [4.69, 9.17) is 4.74 Å². The largest absolute Gasteiger partial charge is 0.454 e. The molecule has 0 atom stereocenters. The van der Waals surface area contributed by atoms with Crippen molar-refractivity contribution in [2.24, 2.45) is 5.41 Å². The van der Waals surface area contributed by atoms with E-state index in [1.54, 1.807) is 12.1 Å². The summed E-state index contributed by atoms with van der Waals surface area (Å²) in [6, 6.07) is 9.02. The molecule has 2 aromatic rings. The summed E-state index contributed by atoms with van der Waals surface area (Å²) in [6.45, 7) is 5.44. The van der Waals surface area contributed by atoms with Crippen LogP contribution in [-0.2, 0) is 20.9 Å². The maximum Gasteiger partial charge on any atom is 0.331 e. The third-order valence-electron chi connectivity index (χ3n) is 3.67. The van der Waals surface area contributed by atoms with E-state index in [0.29, 0.717) is 17.0 Å². The Hall–Kier alpha value is -2.80. The molecule has 0 aliphatic carbocycles. The first-order valence-corrected chi connectivity index (χ1v) is 9.47. The van der Waals surface area contributed by atoms with Crippen molar-refractivity contribution in [2.45, 2.75) is 27.3 Å². The van der Waals surface area contributed by atoms with Crippen molar-refractivity contribution < 1.29 is 23.5 Å². The van der Waals surface area contributed by atoms with Gasteiger partial charge in [-0.3, -0.25) is 9.59 Å². The summed E-state index contributed by atoms with van der Waals surface area (Å²) >= 11 is 1.25. The van der Waals surface area contributed by atoms with E-state index in [9.17, 15) is 18.8 Å². The lowest BCUT2D eigenvalue weighted by Crippen LogP contribution is -2.34. The Morgan fingerprint density at radius 2 is 1.79 bits per heavy atom. The number of ketones is 1. The van der Waals surface area contributed by atoms with Crippen LogP contribution in [0.25, 0.3) is 6.08 Å². The van der Waals surface area contributed by atoms with Crippen molar-refractivity contribution in [3.63, 3.8) is 0 Å². The van der Waals surface area contributed by atoms with E-state index in [2.05, 4.69) is 5.32 Å². The van der Waals surface area contributed by atoms with Crippen LogP contribution in [0.4, 0.5) is 4.39 Å². The predicted molar refractivity (Wildman–Crippen MR) is 106 cm³/mol. The Balaban J connectivity index is 1.81. The Kier molecular flexibility index (Phi) is 7.23. The van der Waals surface area contributed by atoms with Gasteiger partial charge in [0.2, 0.25) is 11.7 Å². The third-order valence-corrected chi connectivity index (χ3v) is 4.79. The summed E-state index contributed by atoms with van der Waals surface area (Å²) in [4.78, 5) is 37.0. The lowest BCUT2D eigenvalue weighted by Gasteiger charge is -2.17. The topological polar surface area (TPSA) is 72.5 Å². The molecule has 5 nitrogen and oxygen atoms in total. The number of ether oxygens (including phenoxy) is 1. The summed E-state index contributed by atoms with van der Waals surface area (Å²) in [5, 5.41) is 2.82. The quantitative estimate of drug-likeness (QED) is 0.431. The molecule has 1 N–H and O–H groups in total. The second kappa shape index (κ2) is 9.41. The van der Waals surface area contributed by atoms with Crippen molar-refractivity contribution in [3.8, 4) is 0 Å². The fourth-order valence-electron chi connectivity index (χ4n) is 2.05. The highest BCUT2D eigenvalue weighted by atomic mass is 32.1. The molecule has 0 aliphatic rings. The molecule has 0 fully saturated rings. The third kappa shape index (κ3) is 6.74. The van der Waals surface area contributed by atoms with Crippen LogP contribution >= 0.6 is 11.3 Å². The molecule has 1 aromatic carbocycles. The van der Waals surface area contributed by atoms with Gasteiger partial charge in [-0.05, 0) is 35.9 Å². The smallest absolute Gasteiger partial charge is 0.331 e. The van der Waals surface area contributed by atoms with Crippen LogP contribution in [0, 0.1) is 11.2 Å². The molecule has 0 bridgehead atoms. The first kappa shape index (κ1) is 21.5. The van der Waals surface area contributed by atoms with Crippen molar-refractivity contribution in [1.29, 1.82) is 0 Å². The second-order valence-electron chi connectivity index (χ2n) is 7.11. The van der Waals surface area contributed by atoms with E-state index < -0.39 is 11.4 Å². The summed E-state index contributed by atoms with van der Waals surface area (Å²) in [7, 11) is 0. The Bertz CT molecular complexity index is 879. The Labute approximate surface area is 167 Å². The Morgan fingerprint density at radius 1 is 1.11 bits per heavy atom. The molecular weight excluding hydrogens is 381 g/mol. The van der Waals surface area contributed by atoms with Crippen molar-refractivity contribution in [1.82, 2.24) is 5.32 Å². The molecule has 1 aromatic heterocycles. The van der Waals surface area contributed by atoms with E-state index in [1.165, 1.54) is 47.8 Å². The van der Waals surface area contributed by atoms with Crippen molar-refractivity contribution in [2.75, 3.05) is 6.61 Å². The molecule has 0 radical (unpaired) electrons. The van der Waals surface area contributed by atoms with Crippen LogP contribution in [0.3, 0.4) is 0 Å². The summed E-state index contributed by atoms with van der Waals surface area (Å²) in [5.74, 6) is -1.41. The van der Waals surface area contributed by atoms with Gasteiger partial charge in [0.05, 0.1) is 11.4 Å². The van der Waals surface area contributed by atoms with Crippen LogP contribution in [0.1, 0.15) is 40.9 Å². The maximum atomic E-state index is 12.8. The lowest BCUT2D eigenvalue weighted by atomic mass is 9.96. The van der Waals surface area contributed by atoms with Crippen LogP contribution in [-0.4, -0.2) is 24.3 Å². The van der Waals surface area contributed by atoms with Crippen molar-refractivity contribution >= 4 is 35.1 Å². The second-order valence-corrected chi connectivity index (χ2v) is 8.28. The van der Waals surface area contributed by atoms with Gasteiger partial charge in [-0.2, -0.15) is 0 Å². The number of carbonyl (C=O) groups is 3. The lowest BCUT2D eigenvalue weighted by molar-refractivity contribution is -0.136. The number of rotatable bonds is 7. The van der Waals surface area contributed by atoms with Gasteiger partial charge < -0.3 is 10.1 Å². The van der Waals surface area contributed by atoms with Gasteiger partial charge in [-0.15, -0.1) is 11.3 Å². The first-order chi connectivity index (χ1) is 13.1. The minimum Gasteiger partial charge on any atom is -0.454 e. The number of hydrogen-bond acceptors (Lipinski definition) is 5. The van der Waals surface area contributed by atoms with E-state index in [0.717, 1.165) is 4.88 Å². The number of amides is 1. The maximum absolute atomic E-state index is 12.8. The molecule has 1 heterocycles. The fraction of sp³-hybridized carbons (Fsp3) is 0.286. The number of nitrogens with one attached hydrogen (secondary N) is 1. The molecule has 28 heavy (non-hydrogen) atoms. The highest BCUT2D eigenvalue weighted by Gasteiger charge is 2.21. The van der Waals surface area contributed by atoms with Gasteiger partial charge in [0.1, 0.15) is 5.82 Å². The highest BCUT2D eigenvalue weighted by Crippen LogP contribution is 2.18. The number of carbonyl (C=O) groups excluding carboxylic acids is 3. The minimum absolute atomic E-state index is 0.0735. The average molecular weight is 403 g/mol. The summed E-state index contributed by atoms with van der Waals surface area (Å²) < 4.78 is 17.8. The molecule has 1 amide bonds. The van der Waals surface area contributed by atoms with Gasteiger partial charge in [-0.1, -0.05) is 32.9 Å². The molecule has 2 rings (SSSR count). The number of thiophene rings is 1. The number of benzene rings is 1. The van der Waals surface area contributed by atoms with Crippen LogP contribution in [0.15, 0.2) is 42.5 Å². The van der Waals surface area contributed by atoms with Gasteiger partial charge in [-0.25, -0.2) is 9.18 Å². The van der Waals surface area contributed by atoms with Crippen LogP contribution in [0.2, 0.25) is 0 Å². The van der Waals surface area contributed by atoms with Crippen LogP contribution < -0.4 is 5.32 Å². The number of halogens is 1. The predicted octanol–water partition coefficient (Wildman–Crippen LogP) is 3.99. The molecule has 0 spiro atoms. The normalized spacial score (nSPS) is 11.4. The molecule has 0 saturated carbocycles. The zero-order chi connectivity index (χ0) is 20.7. The summed E-state index contributed by atoms with van der Waals surface area (Å²) in [6.07, 6.45) is 2.66. The van der Waals surface area contributed by atoms with Crippen molar-refractivity contribution in [3.05, 3.63) is 63.6 Å². The van der Waals surface area contributed by atoms with Gasteiger partial charge in [0.15, 0.2) is 6.61 Å². The number of Topliss-reactive ketones (excluding diaryl/α,β-unsaturated/α-hetero) is 1. The van der Waals surface area contributed by atoms with Gasteiger partial charge in [0, 0.05) is 16.4 Å². The molecule has 0 unspecified atom stereocenters. The van der Waals surface area contributed by atoms with Crippen LogP contribution in [0.5, 0.6) is 0 Å². The standard InChI is InChI=1S/C21H22FNO4S/c1-21(2,3)20(26)23-12-16-9-10-18(28-16)17(24)13-27-19(25)11-6-14-4-7-15(22)8-5-14/h4-11H,12-13H2,1-3H3,(H,23,26)/b11-6+. The molecule has 7 heteroatoms. The van der Waals surface area contributed by atoms with E-state index >= 15 is 0 Å². The fourth-order valence-corrected chi connectivity index (χ4v) is 2.92. The molecule has 148 valence electrons.